The average molecular weight is 243 g/mol. The molecule has 4 nitrogen and oxygen atoms in total. The highest BCUT2D eigenvalue weighted by Gasteiger charge is 2.52. The zero-order valence-corrected chi connectivity index (χ0v) is 11.0. The summed E-state index contributed by atoms with van der Waals surface area (Å²) in [7, 11) is 2.01. The number of fused-ring (bicyclic) bond motifs is 4. The van der Waals surface area contributed by atoms with Crippen LogP contribution in [0, 0.1) is 5.92 Å². The first-order valence-electron chi connectivity index (χ1n) is 6.56. The van der Waals surface area contributed by atoms with Crippen LogP contribution in [0.5, 0.6) is 0 Å². The molecule has 4 heteroatoms. The maximum atomic E-state index is 5.44. The van der Waals surface area contributed by atoms with Gasteiger partial charge in [0.05, 0.1) is 11.9 Å². The van der Waals surface area contributed by atoms with Crippen LogP contribution in [0.15, 0.2) is 16.9 Å². The van der Waals surface area contributed by atoms with Gasteiger partial charge < -0.3 is 4.52 Å². The second-order valence-corrected chi connectivity index (χ2v) is 6.09. The van der Waals surface area contributed by atoms with E-state index in [0.29, 0.717) is 11.8 Å². The van der Waals surface area contributed by atoms with Gasteiger partial charge in [-0.25, -0.2) is 0 Å². The first-order valence-corrected chi connectivity index (χ1v) is 6.56. The molecule has 0 aromatic carbocycles. The third-order valence-corrected chi connectivity index (χ3v) is 4.95. The minimum atomic E-state index is 0.147. The highest BCUT2D eigenvalue weighted by molar-refractivity contribution is 5.41. The quantitative estimate of drug-likeness (QED) is 0.712. The summed E-state index contributed by atoms with van der Waals surface area (Å²) in [6, 6.07) is 0. The summed E-state index contributed by atoms with van der Waals surface area (Å²) >= 11 is 0. The van der Waals surface area contributed by atoms with Gasteiger partial charge in [-0.3, -0.25) is 4.68 Å². The van der Waals surface area contributed by atoms with Crippen molar-refractivity contribution in [3.63, 3.8) is 0 Å². The molecule has 0 unspecified atom stereocenters. The fourth-order valence-corrected chi connectivity index (χ4v) is 4.10. The van der Waals surface area contributed by atoms with E-state index in [1.807, 2.05) is 17.9 Å². The van der Waals surface area contributed by atoms with E-state index >= 15 is 0 Å². The zero-order chi connectivity index (χ0) is 12.5. The second kappa shape index (κ2) is 3.05. The first kappa shape index (κ1) is 10.4. The number of rotatable bonds is 0. The Morgan fingerprint density at radius 3 is 3.11 bits per heavy atom. The third kappa shape index (κ3) is 1.06. The maximum absolute atomic E-state index is 5.44. The molecule has 0 fully saturated rings. The molecular formula is C14H17N3O. The van der Waals surface area contributed by atoms with Gasteiger partial charge in [-0.15, -0.1) is 0 Å². The molecule has 0 saturated carbocycles. The lowest BCUT2D eigenvalue weighted by Gasteiger charge is -2.38. The largest absolute Gasteiger partial charge is 0.361 e. The van der Waals surface area contributed by atoms with Crippen LogP contribution in [0.4, 0.5) is 0 Å². The molecule has 0 bridgehead atoms. The minimum Gasteiger partial charge on any atom is -0.361 e. The zero-order valence-electron chi connectivity index (χ0n) is 11.0. The van der Waals surface area contributed by atoms with E-state index in [9.17, 15) is 0 Å². The van der Waals surface area contributed by atoms with Crippen LogP contribution >= 0.6 is 0 Å². The van der Waals surface area contributed by atoms with Gasteiger partial charge in [0.2, 0.25) is 0 Å². The molecule has 18 heavy (non-hydrogen) atoms. The summed E-state index contributed by atoms with van der Waals surface area (Å²) in [5, 5.41) is 8.68. The van der Waals surface area contributed by atoms with E-state index in [4.69, 9.17) is 9.62 Å². The predicted molar refractivity (Wildman–Crippen MR) is 66.4 cm³/mol. The molecule has 0 aliphatic heterocycles. The van der Waals surface area contributed by atoms with Crippen molar-refractivity contribution in [1.29, 1.82) is 0 Å². The van der Waals surface area contributed by atoms with Gasteiger partial charge >= 0.3 is 0 Å². The summed E-state index contributed by atoms with van der Waals surface area (Å²) in [5.41, 5.74) is 4.11. The molecule has 2 aliphatic rings. The molecule has 2 heterocycles. The van der Waals surface area contributed by atoms with Crippen LogP contribution in [0.25, 0.3) is 0 Å². The smallest absolute Gasteiger partial charge is 0.143 e. The van der Waals surface area contributed by atoms with Crippen LogP contribution in [-0.2, 0) is 25.3 Å². The first-order chi connectivity index (χ1) is 8.59. The average Bonchev–Trinajstić information content (AvgIpc) is 2.95. The summed E-state index contributed by atoms with van der Waals surface area (Å²) < 4.78 is 7.39. The molecule has 0 saturated heterocycles. The van der Waals surface area contributed by atoms with Crippen molar-refractivity contribution in [3.05, 3.63) is 35.0 Å². The number of aryl methyl sites for hydroxylation is 1. The summed E-state index contributed by atoms with van der Waals surface area (Å²) in [5.74, 6) is 2.12. The number of aromatic nitrogens is 3. The van der Waals surface area contributed by atoms with Crippen molar-refractivity contribution in [3.8, 4) is 0 Å². The molecule has 4 rings (SSSR count). The molecule has 2 aliphatic carbocycles. The maximum Gasteiger partial charge on any atom is 0.143 e. The van der Waals surface area contributed by atoms with E-state index in [1.165, 1.54) is 16.8 Å². The molecule has 0 amide bonds. The highest BCUT2D eigenvalue weighted by Crippen LogP contribution is 2.54. The molecule has 2 aromatic heterocycles. The van der Waals surface area contributed by atoms with Crippen molar-refractivity contribution < 1.29 is 4.52 Å². The van der Waals surface area contributed by atoms with Crippen molar-refractivity contribution in [2.24, 2.45) is 13.0 Å². The lowest BCUT2D eigenvalue weighted by atomic mass is 9.64. The van der Waals surface area contributed by atoms with Crippen molar-refractivity contribution in [2.75, 3.05) is 0 Å². The topological polar surface area (TPSA) is 43.9 Å². The van der Waals surface area contributed by atoms with Crippen molar-refractivity contribution >= 4 is 0 Å². The van der Waals surface area contributed by atoms with Gasteiger partial charge in [0.15, 0.2) is 0 Å². The number of nitrogens with zero attached hydrogens (tertiary/aromatic N) is 3. The van der Waals surface area contributed by atoms with E-state index in [2.05, 4.69) is 25.2 Å². The Bertz CT molecular complexity index is 627. The van der Waals surface area contributed by atoms with E-state index in [0.717, 1.165) is 18.6 Å². The summed E-state index contributed by atoms with van der Waals surface area (Å²) in [6.45, 7) is 4.61. The molecule has 0 spiro atoms. The Kier molecular flexibility index (Phi) is 1.75. The second-order valence-electron chi connectivity index (χ2n) is 6.09. The standard InChI is InChI=1S/C14H17N3O/c1-8-11-4-9-7-17(3)16-13(9)14(11,2)5-10-6-15-18-12(8)10/h6-8,11H,4-5H2,1-3H3/t8-,11-,14-/m0/s1. The predicted octanol–water partition coefficient (Wildman–Crippen LogP) is 2.20. The van der Waals surface area contributed by atoms with Gasteiger partial charge in [0.1, 0.15) is 5.76 Å². The lowest BCUT2D eigenvalue weighted by molar-refractivity contribution is 0.214. The Balaban J connectivity index is 1.90. The van der Waals surface area contributed by atoms with Gasteiger partial charge in [0, 0.05) is 30.1 Å². The van der Waals surface area contributed by atoms with E-state index in [1.54, 1.807) is 0 Å². The molecular weight excluding hydrogens is 226 g/mol. The summed E-state index contributed by atoms with van der Waals surface area (Å²) in [6.07, 6.45) is 6.17. The van der Waals surface area contributed by atoms with Crippen molar-refractivity contribution in [2.45, 2.75) is 38.0 Å². The Morgan fingerprint density at radius 1 is 1.44 bits per heavy atom. The molecule has 3 atom stereocenters. The van der Waals surface area contributed by atoms with Crippen LogP contribution in [0.1, 0.15) is 42.3 Å². The summed E-state index contributed by atoms with van der Waals surface area (Å²) in [4.78, 5) is 0. The number of hydrogen-bond donors (Lipinski definition) is 0. The van der Waals surface area contributed by atoms with Gasteiger partial charge in [0.25, 0.3) is 0 Å². The van der Waals surface area contributed by atoms with E-state index < -0.39 is 0 Å². The lowest BCUT2D eigenvalue weighted by Crippen LogP contribution is -2.38. The van der Waals surface area contributed by atoms with Crippen molar-refractivity contribution in [1.82, 2.24) is 14.9 Å². The van der Waals surface area contributed by atoms with Gasteiger partial charge in [-0.2, -0.15) is 5.10 Å². The van der Waals surface area contributed by atoms with Crippen LogP contribution in [-0.4, -0.2) is 14.9 Å². The fraction of sp³-hybridized carbons (Fsp3) is 0.571. The monoisotopic (exact) mass is 243 g/mol. The van der Waals surface area contributed by atoms with Crippen LogP contribution in [0.2, 0.25) is 0 Å². The fourth-order valence-electron chi connectivity index (χ4n) is 4.10. The van der Waals surface area contributed by atoms with Crippen LogP contribution < -0.4 is 0 Å². The SMILES string of the molecule is C[C@@H]1c2oncc2C[C@]2(C)c3nn(C)cc3C[C@@H]12. The minimum absolute atomic E-state index is 0.147. The molecule has 0 N–H and O–H groups in total. The Hall–Kier alpha value is -1.58. The van der Waals surface area contributed by atoms with Crippen LogP contribution in [0.3, 0.4) is 0 Å². The molecule has 2 aromatic rings. The normalized spacial score (nSPS) is 33.1. The van der Waals surface area contributed by atoms with E-state index in [-0.39, 0.29) is 5.41 Å². The number of hydrogen-bond acceptors (Lipinski definition) is 3. The molecule has 94 valence electrons. The third-order valence-electron chi connectivity index (χ3n) is 4.95. The highest BCUT2D eigenvalue weighted by atomic mass is 16.5. The molecule has 0 radical (unpaired) electrons. The Labute approximate surface area is 106 Å². The van der Waals surface area contributed by atoms with Gasteiger partial charge in [-0.05, 0) is 24.3 Å². The van der Waals surface area contributed by atoms with Gasteiger partial charge in [-0.1, -0.05) is 19.0 Å². The Morgan fingerprint density at radius 2 is 2.28 bits per heavy atom.